The molecule has 4 nitrogen and oxygen atoms in total. The molecule has 2 atom stereocenters. The number of nitrogens with zero attached hydrogens (tertiary/aromatic N) is 1. The van der Waals surface area contributed by atoms with Gasteiger partial charge >= 0.3 is 6.09 Å². The normalized spacial score (nSPS) is 35.8. The van der Waals surface area contributed by atoms with Gasteiger partial charge in [0.2, 0.25) is 0 Å². The first-order valence-corrected chi connectivity index (χ1v) is 4.01. The van der Waals surface area contributed by atoms with Gasteiger partial charge in [0.1, 0.15) is 0 Å². The lowest BCUT2D eigenvalue weighted by molar-refractivity contribution is 0.109. The van der Waals surface area contributed by atoms with Crippen LogP contribution in [0.3, 0.4) is 0 Å². The van der Waals surface area contributed by atoms with Gasteiger partial charge in [-0.05, 0) is 12.8 Å². The Hall–Kier alpha value is -0.770. The summed E-state index contributed by atoms with van der Waals surface area (Å²) >= 11 is 0. The molecule has 0 spiro atoms. The van der Waals surface area contributed by atoms with Crippen molar-refractivity contribution in [1.29, 1.82) is 0 Å². The lowest BCUT2D eigenvalue weighted by Gasteiger charge is -2.32. The maximum Gasteiger partial charge on any atom is 0.407 e. The molecule has 2 bridgehead atoms. The van der Waals surface area contributed by atoms with Crippen molar-refractivity contribution in [2.45, 2.75) is 24.9 Å². The Morgan fingerprint density at radius 1 is 1.36 bits per heavy atom. The molecule has 2 fully saturated rings. The number of rotatable bonds is 0. The zero-order valence-electron chi connectivity index (χ0n) is 6.29. The van der Waals surface area contributed by atoms with Crippen molar-refractivity contribution in [3.63, 3.8) is 0 Å². The van der Waals surface area contributed by atoms with Gasteiger partial charge in [-0.1, -0.05) is 0 Å². The number of nitrogens with one attached hydrogen (secondary N) is 1. The van der Waals surface area contributed by atoms with Crippen molar-refractivity contribution in [2.75, 3.05) is 13.1 Å². The van der Waals surface area contributed by atoms with Crippen molar-refractivity contribution in [1.82, 2.24) is 10.2 Å². The van der Waals surface area contributed by atoms with Crippen LogP contribution in [0.25, 0.3) is 0 Å². The molecule has 62 valence electrons. The van der Waals surface area contributed by atoms with E-state index < -0.39 is 6.09 Å². The van der Waals surface area contributed by atoms with Crippen LogP contribution in [-0.4, -0.2) is 41.3 Å². The fourth-order valence-electron chi connectivity index (χ4n) is 2.09. The highest BCUT2D eigenvalue weighted by atomic mass is 16.4. The molecule has 0 radical (unpaired) electrons. The first-order chi connectivity index (χ1) is 5.29. The number of amides is 1. The number of hydrogen-bond acceptors (Lipinski definition) is 2. The van der Waals surface area contributed by atoms with Crippen LogP contribution < -0.4 is 5.32 Å². The number of fused-ring (bicyclic) bond motifs is 2. The van der Waals surface area contributed by atoms with E-state index in [0.717, 1.165) is 25.9 Å². The maximum absolute atomic E-state index is 10.7. The average molecular weight is 156 g/mol. The predicted octanol–water partition coefficient (Wildman–Crippen LogP) is 0.101. The minimum absolute atomic E-state index is 0.242. The van der Waals surface area contributed by atoms with Crippen molar-refractivity contribution in [3.8, 4) is 0 Å². The molecule has 0 aromatic carbocycles. The van der Waals surface area contributed by atoms with Gasteiger partial charge in [0.15, 0.2) is 0 Å². The minimum atomic E-state index is -0.751. The molecule has 4 heteroatoms. The lowest BCUT2D eigenvalue weighted by atomic mass is 10.2. The zero-order valence-corrected chi connectivity index (χ0v) is 6.29. The molecule has 2 saturated heterocycles. The van der Waals surface area contributed by atoms with E-state index in [2.05, 4.69) is 5.32 Å². The van der Waals surface area contributed by atoms with Crippen molar-refractivity contribution < 1.29 is 9.90 Å². The van der Waals surface area contributed by atoms with E-state index >= 15 is 0 Å². The first-order valence-electron chi connectivity index (χ1n) is 4.01. The summed E-state index contributed by atoms with van der Waals surface area (Å²) in [6.45, 7) is 1.67. The number of carbonyl (C=O) groups is 1. The standard InChI is InChI=1S/C7H12N2O2/c10-7(11)9-5-1-2-6(9)4-8-3-5/h5-6,8H,1-4H2,(H,10,11)/t5-,6+. The van der Waals surface area contributed by atoms with Crippen LogP contribution in [0.5, 0.6) is 0 Å². The molecule has 1 amide bonds. The first kappa shape index (κ1) is 6.91. The summed E-state index contributed by atoms with van der Waals surface area (Å²) < 4.78 is 0. The van der Waals surface area contributed by atoms with Gasteiger partial charge in [0.05, 0.1) is 0 Å². The summed E-state index contributed by atoms with van der Waals surface area (Å²) in [6.07, 6.45) is 1.31. The van der Waals surface area contributed by atoms with E-state index in [-0.39, 0.29) is 12.1 Å². The molecule has 2 N–H and O–H groups in total. The summed E-state index contributed by atoms with van der Waals surface area (Å²) in [5.74, 6) is 0. The summed E-state index contributed by atoms with van der Waals surface area (Å²) in [7, 11) is 0. The smallest absolute Gasteiger partial charge is 0.407 e. The molecule has 0 aromatic rings. The third-order valence-electron chi connectivity index (χ3n) is 2.60. The van der Waals surface area contributed by atoms with Gasteiger partial charge in [-0.15, -0.1) is 0 Å². The van der Waals surface area contributed by atoms with Crippen LogP contribution in [0.2, 0.25) is 0 Å². The Bertz CT molecular complexity index is 167. The summed E-state index contributed by atoms with van der Waals surface area (Å²) in [6, 6.07) is 0.484. The number of carboxylic acid groups (broad SMARTS) is 1. The van der Waals surface area contributed by atoms with Crippen molar-refractivity contribution in [3.05, 3.63) is 0 Å². The Morgan fingerprint density at radius 2 is 1.91 bits per heavy atom. The van der Waals surface area contributed by atoms with Crippen LogP contribution in [0.1, 0.15) is 12.8 Å². The SMILES string of the molecule is O=C(O)N1[C@@H]2CC[C@H]1CNC2. The summed E-state index contributed by atoms with van der Waals surface area (Å²) in [4.78, 5) is 12.3. The number of piperazine rings is 1. The van der Waals surface area contributed by atoms with E-state index in [1.165, 1.54) is 0 Å². The van der Waals surface area contributed by atoms with E-state index in [1.54, 1.807) is 4.90 Å². The second kappa shape index (κ2) is 2.37. The molecule has 2 rings (SSSR count). The van der Waals surface area contributed by atoms with Crippen molar-refractivity contribution >= 4 is 6.09 Å². The second-order valence-corrected chi connectivity index (χ2v) is 3.23. The minimum Gasteiger partial charge on any atom is -0.465 e. The quantitative estimate of drug-likeness (QED) is 0.523. The van der Waals surface area contributed by atoms with E-state index in [1.807, 2.05) is 0 Å². The Balaban J connectivity index is 2.15. The molecule has 2 aliphatic heterocycles. The largest absolute Gasteiger partial charge is 0.465 e. The predicted molar refractivity (Wildman–Crippen MR) is 39.5 cm³/mol. The van der Waals surface area contributed by atoms with E-state index in [9.17, 15) is 4.79 Å². The van der Waals surface area contributed by atoms with E-state index in [0.29, 0.717) is 0 Å². The highest BCUT2D eigenvalue weighted by Crippen LogP contribution is 2.25. The third kappa shape index (κ3) is 0.976. The van der Waals surface area contributed by atoms with Gasteiger partial charge in [0, 0.05) is 25.2 Å². The highest BCUT2D eigenvalue weighted by molar-refractivity contribution is 5.66. The second-order valence-electron chi connectivity index (χ2n) is 3.23. The topological polar surface area (TPSA) is 52.6 Å². The fourth-order valence-corrected chi connectivity index (χ4v) is 2.09. The summed E-state index contributed by atoms with van der Waals surface area (Å²) in [5.41, 5.74) is 0. The van der Waals surface area contributed by atoms with Gasteiger partial charge < -0.3 is 10.4 Å². The molecule has 2 heterocycles. The molecule has 0 unspecified atom stereocenters. The van der Waals surface area contributed by atoms with Crippen LogP contribution in [-0.2, 0) is 0 Å². The number of hydrogen-bond donors (Lipinski definition) is 2. The molecule has 0 saturated carbocycles. The Kier molecular flexibility index (Phi) is 1.49. The molecule has 0 aliphatic carbocycles. The van der Waals surface area contributed by atoms with Crippen LogP contribution in [0.4, 0.5) is 4.79 Å². The average Bonchev–Trinajstić information content (AvgIpc) is 2.23. The van der Waals surface area contributed by atoms with Gasteiger partial charge in [-0.2, -0.15) is 0 Å². The van der Waals surface area contributed by atoms with Crippen molar-refractivity contribution in [2.24, 2.45) is 0 Å². The molecular weight excluding hydrogens is 144 g/mol. The molecule has 0 aromatic heterocycles. The van der Waals surface area contributed by atoms with Crippen LogP contribution >= 0.6 is 0 Å². The lowest BCUT2D eigenvalue weighted by Crippen LogP contribution is -2.53. The van der Waals surface area contributed by atoms with Gasteiger partial charge in [-0.3, -0.25) is 4.90 Å². The molecule has 2 aliphatic rings. The molecular formula is C7H12N2O2. The third-order valence-corrected chi connectivity index (χ3v) is 2.60. The van der Waals surface area contributed by atoms with Crippen LogP contribution in [0.15, 0.2) is 0 Å². The van der Waals surface area contributed by atoms with Gasteiger partial charge in [0.25, 0.3) is 0 Å². The van der Waals surface area contributed by atoms with Crippen LogP contribution in [0, 0.1) is 0 Å². The Morgan fingerprint density at radius 3 is 2.27 bits per heavy atom. The fraction of sp³-hybridized carbons (Fsp3) is 0.857. The van der Waals surface area contributed by atoms with E-state index in [4.69, 9.17) is 5.11 Å². The van der Waals surface area contributed by atoms with Gasteiger partial charge in [-0.25, -0.2) is 4.79 Å². The maximum atomic E-state index is 10.7. The monoisotopic (exact) mass is 156 g/mol. The zero-order chi connectivity index (χ0) is 7.84. The summed E-state index contributed by atoms with van der Waals surface area (Å²) in [5, 5.41) is 12.0. The molecule has 11 heavy (non-hydrogen) atoms. The Labute approximate surface area is 65.2 Å². The highest BCUT2D eigenvalue weighted by Gasteiger charge is 2.39.